The van der Waals surface area contributed by atoms with Crippen molar-refractivity contribution in [2.45, 2.75) is 51.8 Å². The minimum absolute atomic E-state index is 0.0739. The Morgan fingerprint density at radius 3 is 2.47 bits per heavy atom. The van der Waals surface area contributed by atoms with Crippen molar-refractivity contribution in [1.29, 1.82) is 0 Å². The van der Waals surface area contributed by atoms with Crippen molar-refractivity contribution in [2.24, 2.45) is 5.11 Å². The Hall–Kier alpha value is -1.79. The number of hydrogen-bond donors (Lipinski definition) is 1. The van der Waals surface area contributed by atoms with Gasteiger partial charge in [0.05, 0.1) is 6.04 Å². The van der Waals surface area contributed by atoms with E-state index in [1.165, 1.54) is 0 Å². The molecule has 1 aliphatic heterocycles. The number of nitrogens with zero attached hydrogens (tertiary/aromatic N) is 4. The largest absolute Gasteiger partial charge is 0.527 e. The Morgan fingerprint density at radius 1 is 1.47 bits per heavy atom. The molecule has 1 aliphatic rings. The summed E-state index contributed by atoms with van der Waals surface area (Å²) in [6.45, 7) is 6.60. The molecule has 2 unspecified atom stereocenters. The molecule has 0 aromatic heterocycles. The van der Waals surface area contributed by atoms with E-state index in [1.807, 2.05) is 0 Å². The summed E-state index contributed by atoms with van der Waals surface area (Å²) in [6, 6.07) is -1.01. The van der Waals surface area contributed by atoms with Crippen molar-refractivity contribution in [3.05, 3.63) is 10.4 Å². The van der Waals surface area contributed by atoms with E-state index < -0.39 is 34.4 Å². The molecule has 19 heavy (non-hydrogen) atoms. The van der Waals surface area contributed by atoms with Crippen LogP contribution in [0.2, 0.25) is 0 Å². The van der Waals surface area contributed by atoms with E-state index in [0.29, 0.717) is 6.42 Å². The van der Waals surface area contributed by atoms with Gasteiger partial charge in [-0.15, -0.1) is 4.48 Å². The van der Waals surface area contributed by atoms with E-state index in [4.69, 9.17) is 10.3 Å². The Bertz CT molecular complexity index is 438. The molecule has 3 atom stereocenters. The number of azide groups is 1. The predicted octanol–water partition coefficient (Wildman–Crippen LogP) is 2.89. The van der Waals surface area contributed by atoms with Crippen molar-refractivity contribution in [1.82, 2.24) is 0 Å². The molecule has 0 bridgehead atoms. The van der Waals surface area contributed by atoms with Gasteiger partial charge < -0.3 is 9.84 Å². The normalized spacial score (nSPS) is 30.5. The number of carboxylic acid groups (broad SMARTS) is 1. The summed E-state index contributed by atoms with van der Waals surface area (Å²) in [6.07, 6.45) is -1.75. The number of amides is 2. The Labute approximate surface area is 111 Å². The van der Waals surface area contributed by atoms with Gasteiger partial charge in [-0.3, -0.25) is 0 Å². The predicted molar refractivity (Wildman–Crippen MR) is 66.4 cm³/mol. The maximum atomic E-state index is 12.2. The quantitative estimate of drug-likeness (QED) is 0.342. The van der Waals surface area contributed by atoms with Crippen molar-refractivity contribution in [3.8, 4) is 0 Å². The molecule has 0 aromatic carbocycles. The van der Waals surface area contributed by atoms with Gasteiger partial charge in [-0.05, 0) is 33.2 Å². The SMILES string of the molecule is CC1C[C@H](N=[N+]=[N-])C[N+]1(C(=O)O)C(=O)OC(C)(C)C. The first-order valence-corrected chi connectivity index (χ1v) is 6.02. The van der Waals surface area contributed by atoms with Crippen LogP contribution < -0.4 is 0 Å². The third-order valence-corrected chi connectivity index (χ3v) is 3.14. The van der Waals surface area contributed by atoms with E-state index >= 15 is 0 Å². The van der Waals surface area contributed by atoms with Gasteiger partial charge in [0.1, 0.15) is 18.2 Å². The van der Waals surface area contributed by atoms with Crippen LogP contribution in [0.5, 0.6) is 0 Å². The molecule has 1 heterocycles. The molecular formula is C11H19N4O4+. The van der Waals surface area contributed by atoms with Crippen LogP contribution in [0.25, 0.3) is 10.4 Å². The lowest BCUT2D eigenvalue weighted by molar-refractivity contribution is -0.796. The summed E-state index contributed by atoms with van der Waals surface area (Å²) in [5, 5.41) is 12.9. The van der Waals surface area contributed by atoms with Crippen LogP contribution in [0, 0.1) is 0 Å². The van der Waals surface area contributed by atoms with Crippen molar-refractivity contribution < 1.29 is 23.9 Å². The second kappa shape index (κ2) is 5.07. The Balaban J connectivity index is 3.09. The molecule has 0 radical (unpaired) electrons. The van der Waals surface area contributed by atoms with Crippen LogP contribution >= 0.6 is 0 Å². The van der Waals surface area contributed by atoms with E-state index in [9.17, 15) is 14.7 Å². The minimum Gasteiger partial charge on any atom is -0.435 e. The molecule has 1 rings (SSSR count). The number of quaternary nitrogens is 1. The van der Waals surface area contributed by atoms with Crippen LogP contribution in [-0.4, -0.2) is 46.0 Å². The average molecular weight is 271 g/mol. The van der Waals surface area contributed by atoms with E-state index in [1.54, 1.807) is 27.7 Å². The van der Waals surface area contributed by atoms with Gasteiger partial charge in [0.25, 0.3) is 0 Å². The summed E-state index contributed by atoms with van der Waals surface area (Å²) in [5.41, 5.74) is 7.66. The van der Waals surface area contributed by atoms with Crippen molar-refractivity contribution in [2.75, 3.05) is 6.54 Å². The first kappa shape index (κ1) is 15.3. The molecular weight excluding hydrogens is 252 g/mol. The molecule has 0 saturated carbocycles. The fourth-order valence-corrected chi connectivity index (χ4v) is 2.26. The summed E-state index contributed by atoms with van der Waals surface area (Å²) in [7, 11) is 0. The summed E-state index contributed by atoms with van der Waals surface area (Å²) < 4.78 is 4.35. The molecule has 1 N–H and O–H groups in total. The highest BCUT2D eigenvalue weighted by atomic mass is 16.6. The maximum Gasteiger partial charge on any atom is 0.527 e. The van der Waals surface area contributed by atoms with Crippen LogP contribution in [0.4, 0.5) is 9.59 Å². The monoisotopic (exact) mass is 271 g/mol. The van der Waals surface area contributed by atoms with Gasteiger partial charge in [0.2, 0.25) is 0 Å². The lowest BCUT2D eigenvalue weighted by Gasteiger charge is -2.31. The number of imide groups is 1. The smallest absolute Gasteiger partial charge is 0.435 e. The van der Waals surface area contributed by atoms with Gasteiger partial charge in [0, 0.05) is 11.3 Å². The topological polar surface area (TPSA) is 112 Å². The number of rotatable bonds is 1. The van der Waals surface area contributed by atoms with Gasteiger partial charge >= 0.3 is 12.2 Å². The summed E-state index contributed by atoms with van der Waals surface area (Å²) >= 11 is 0. The highest BCUT2D eigenvalue weighted by Gasteiger charge is 2.58. The molecule has 1 fully saturated rings. The standard InChI is InChI=1S/C11H18N4O4/c1-7-5-8(13-14-12)6-15(7,9(16)17)10(18)19-11(2,3)4/h7-8H,5-6H2,1-4H3/p+1/t7?,8-,15?/m0/s1. The fourth-order valence-electron chi connectivity index (χ4n) is 2.26. The molecule has 0 aliphatic carbocycles. The first-order chi connectivity index (χ1) is 8.63. The lowest BCUT2D eigenvalue weighted by atomic mass is 10.2. The third-order valence-electron chi connectivity index (χ3n) is 3.14. The van der Waals surface area contributed by atoms with E-state index in [-0.39, 0.29) is 6.54 Å². The highest BCUT2D eigenvalue weighted by Crippen LogP contribution is 2.32. The molecule has 0 spiro atoms. The Morgan fingerprint density at radius 2 is 2.05 bits per heavy atom. The maximum absolute atomic E-state index is 12.2. The number of carbonyl (C=O) groups is 2. The molecule has 8 nitrogen and oxygen atoms in total. The number of ether oxygens (including phenoxy) is 1. The summed E-state index contributed by atoms with van der Waals surface area (Å²) in [5.74, 6) is 0. The second-order valence-corrected chi connectivity index (χ2v) is 5.76. The van der Waals surface area contributed by atoms with Crippen LogP contribution in [0.15, 0.2) is 5.11 Å². The third kappa shape index (κ3) is 2.97. The second-order valence-electron chi connectivity index (χ2n) is 5.76. The van der Waals surface area contributed by atoms with Gasteiger partial charge in [-0.1, -0.05) is 5.11 Å². The van der Waals surface area contributed by atoms with Gasteiger partial charge in [-0.2, -0.15) is 9.59 Å². The zero-order chi connectivity index (χ0) is 14.8. The van der Waals surface area contributed by atoms with Crippen molar-refractivity contribution >= 4 is 12.2 Å². The minimum atomic E-state index is -1.28. The van der Waals surface area contributed by atoms with Crippen LogP contribution in [0.1, 0.15) is 34.1 Å². The molecule has 2 amide bonds. The lowest BCUT2D eigenvalue weighted by Crippen LogP contribution is -2.60. The zero-order valence-electron chi connectivity index (χ0n) is 11.5. The fraction of sp³-hybridized carbons (Fsp3) is 0.818. The van der Waals surface area contributed by atoms with Gasteiger partial charge in [0.15, 0.2) is 0 Å². The van der Waals surface area contributed by atoms with Crippen LogP contribution in [0.3, 0.4) is 0 Å². The average Bonchev–Trinajstić information content (AvgIpc) is 2.54. The number of hydrogen-bond acceptors (Lipinski definition) is 4. The molecule has 0 aromatic rings. The number of likely N-dealkylation sites (tertiary alicyclic amines) is 1. The molecule has 1 saturated heterocycles. The zero-order valence-corrected chi connectivity index (χ0v) is 11.5. The molecule has 8 heteroatoms. The summed E-state index contributed by atoms with van der Waals surface area (Å²) in [4.78, 5) is 26.4. The van der Waals surface area contributed by atoms with E-state index in [0.717, 1.165) is 0 Å². The Kier molecular flexibility index (Phi) is 4.07. The molecule has 106 valence electrons. The highest BCUT2D eigenvalue weighted by molar-refractivity contribution is 5.76. The number of carbonyl (C=O) groups excluding carboxylic acids is 1. The van der Waals surface area contributed by atoms with Crippen LogP contribution in [-0.2, 0) is 4.74 Å². The first-order valence-electron chi connectivity index (χ1n) is 6.02. The van der Waals surface area contributed by atoms with Crippen molar-refractivity contribution in [3.63, 3.8) is 0 Å². The van der Waals surface area contributed by atoms with Gasteiger partial charge in [-0.25, -0.2) is 0 Å². The van der Waals surface area contributed by atoms with E-state index in [2.05, 4.69) is 10.0 Å².